The Balaban J connectivity index is 1.90. The van der Waals surface area contributed by atoms with Gasteiger partial charge in [-0.2, -0.15) is 0 Å². The van der Waals surface area contributed by atoms with E-state index in [4.69, 9.17) is 22.8 Å². The highest BCUT2D eigenvalue weighted by atomic mass is 35.5. The molecular weight excluding hydrogens is 384 g/mol. The van der Waals surface area contributed by atoms with Crippen LogP contribution in [0.4, 0.5) is 8.78 Å². The molecule has 4 nitrogen and oxygen atoms in total. The number of hydrogen-bond acceptors (Lipinski definition) is 4. The first-order valence-corrected chi connectivity index (χ1v) is 8.82. The summed E-state index contributed by atoms with van der Waals surface area (Å²) in [5.41, 5.74) is 3.05. The predicted molar refractivity (Wildman–Crippen MR) is 104 cm³/mol. The fraction of sp³-hybridized carbons (Fsp3) is 0.190. The van der Waals surface area contributed by atoms with E-state index in [9.17, 15) is 8.78 Å². The van der Waals surface area contributed by atoms with Gasteiger partial charge >= 0.3 is 0 Å². The summed E-state index contributed by atoms with van der Waals surface area (Å²) in [6, 6.07) is 8.90. The summed E-state index contributed by atoms with van der Waals surface area (Å²) in [5.74, 6) is 3.21. The van der Waals surface area contributed by atoms with E-state index in [0.29, 0.717) is 29.3 Å². The quantitative estimate of drug-likeness (QED) is 0.545. The minimum absolute atomic E-state index is 0.131. The zero-order chi connectivity index (χ0) is 19.9. The van der Waals surface area contributed by atoms with E-state index >= 15 is 0 Å². The lowest BCUT2D eigenvalue weighted by molar-refractivity contribution is 0.0799. The lowest BCUT2D eigenvalue weighted by Gasteiger charge is -2.12. The Kier molecular flexibility index (Phi) is 6.51. The number of nitrogens with zero attached hydrogens (tertiary/aromatic N) is 3. The molecule has 2 heterocycles. The van der Waals surface area contributed by atoms with E-state index in [-0.39, 0.29) is 5.88 Å². The molecule has 0 saturated heterocycles. The Hall–Kier alpha value is -3.04. The summed E-state index contributed by atoms with van der Waals surface area (Å²) < 4.78 is 30.3. The summed E-state index contributed by atoms with van der Waals surface area (Å²) in [7, 11) is 0. The molecule has 28 heavy (non-hydrogen) atoms. The Labute approximate surface area is 166 Å². The van der Waals surface area contributed by atoms with Crippen LogP contribution in [0.15, 0.2) is 48.9 Å². The van der Waals surface area contributed by atoms with Crippen LogP contribution in [-0.4, -0.2) is 28.0 Å². The van der Waals surface area contributed by atoms with Gasteiger partial charge in [0.05, 0.1) is 6.42 Å². The number of alkyl halides is 2. The first-order valence-electron chi connectivity index (χ1n) is 8.44. The Morgan fingerprint density at radius 3 is 2.50 bits per heavy atom. The van der Waals surface area contributed by atoms with Crippen LogP contribution in [0.25, 0.3) is 11.1 Å². The number of aromatic nitrogens is 3. The second kappa shape index (κ2) is 9.25. The molecule has 7 heteroatoms. The van der Waals surface area contributed by atoms with Gasteiger partial charge in [-0.1, -0.05) is 29.7 Å². The smallest absolute Gasteiger partial charge is 0.272 e. The van der Waals surface area contributed by atoms with Crippen molar-refractivity contribution in [2.45, 2.75) is 19.3 Å². The molecule has 1 aromatic carbocycles. The van der Waals surface area contributed by atoms with Crippen LogP contribution < -0.4 is 4.74 Å². The molecule has 0 saturated carbocycles. The van der Waals surface area contributed by atoms with Crippen molar-refractivity contribution in [2.24, 2.45) is 0 Å². The van der Waals surface area contributed by atoms with Crippen molar-refractivity contribution in [1.82, 2.24) is 15.0 Å². The molecule has 0 aliphatic rings. The van der Waals surface area contributed by atoms with E-state index in [0.717, 1.165) is 16.7 Å². The topological polar surface area (TPSA) is 47.9 Å². The average Bonchev–Trinajstić information content (AvgIpc) is 2.68. The van der Waals surface area contributed by atoms with Gasteiger partial charge in [0.1, 0.15) is 5.82 Å². The SMILES string of the molecule is C#CCc1ncc(Cc2cnc(OCC(F)F)c(-c3cccc(Cl)c3)c2)cn1. The Bertz CT molecular complexity index is 988. The molecule has 0 amide bonds. The van der Waals surface area contributed by atoms with Gasteiger partial charge in [-0.25, -0.2) is 23.7 Å². The maximum absolute atomic E-state index is 12.6. The molecule has 2 aromatic heterocycles. The highest BCUT2D eigenvalue weighted by Gasteiger charge is 2.13. The van der Waals surface area contributed by atoms with Crippen LogP contribution in [0.1, 0.15) is 17.0 Å². The van der Waals surface area contributed by atoms with Crippen molar-refractivity contribution in [3.63, 3.8) is 0 Å². The number of ether oxygens (including phenoxy) is 1. The van der Waals surface area contributed by atoms with E-state index in [1.165, 1.54) is 0 Å². The fourth-order valence-electron chi connectivity index (χ4n) is 2.60. The third kappa shape index (κ3) is 5.24. The summed E-state index contributed by atoms with van der Waals surface area (Å²) in [6.45, 7) is -0.732. The number of hydrogen-bond donors (Lipinski definition) is 0. The summed E-state index contributed by atoms with van der Waals surface area (Å²) >= 11 is 6.07. The summed E-state index contributed by atoms with van der Waals surface area (Å²) in [5, 5.41) is 0.528. The van der Waals surface area contributed by atoms with Crippen LogP contribution in [0, 0.1) is 12.3 Å². The van der Waals surface area contributed by atoms with Crippen LogP contribution in [-0.2, 0) is 12.8 Å². The van der Waals surface area contributed by atoms with Crippen LogP contribution in [0.3, 0.4) is 0 Å². The first-order chi connectivity index (χ1) is 13.5. The molecule has 3 rings (SSSR count). The number of pyridine rings is 1. The van der Waals surface area contributed by atoms with Crippen LogP contribution >= 0.6 is 11.6 Å². The van der Waals surface area contributed by atoms with Crippen molar-refractivity contribution >= 4 is 11.6 Å². The minimum atomic E-state index is -2.59. The van der Waals surface area contributed by atoms with Crippen molar-refractivity contribution in [1.29, 1.82) is 0 Å². The zero-order valence-electron chi connectivity index (χ0n) is 14.8. The monoisotopic (exact) mass is 399 g/mol. The number of terminal acetylenes is 1. The van der Waals surface area contributed by atoms with Gasteiger partial charge < -0.3 is 4.74 Å². The van der Waals surface area contributed by atoms with Gasteiger partial charge in [0.2, 0.25) is 5.88 Å². The second-order valence-electron chi connectivity index (χ2n) is 5.97. The fourth-order valence-corrected chi connectivity index (χ4v) is 2.79. The third-order valence-electron chi connectivity index (χ3n) is 3.82. The third-order valence-corrected chi connectivity index (χ3v) is 4.05. The second-order valence-corrected chi connectivity index (χ2v) is 6.41. The molecular formula is C21H16ClF2N3O. The zero-order valence-corrected chi connectivity index (χ0v) is 15.5. The molecule has 0 fully saturated rings. The van der Waals surface area contributed by atoms with Gasteiger partial charge in [0.15, 0.2) is 6.61 Å². The van der Waals surface area contributed by atoms with E-state index in [1.807, 2.05) is 12.1 Å². The Morgan fingerprint density at radius 1 is 1.07 bits per heavy atom. The molecule has 0 atom stereocenters. The molecule has 3 aromatic rings. The number of rotatable bonds is 7. The van der Waals surface area contributed by atoms with Gasteiger partial charge in [-0.05, 0) is 34.9 Å². The average molecular weight is 400 g/mol. The lowest BCUT2D eigenvalue weighted by Crippen LogP contribution is -2.09. The molecule has 0 aliphatic heterocycles. The normalized spacial score (nSPS) is 10.7. The summed E-state index contributed by atoms with van der Waals surface area (Å²) in [4.78, 5) is 12.7. The molecule has 0 spiro atoms. The van der Waals surface area contributed by atoms with Gasteiger partial charge in [0, 0.05) is 35.6 Å². The number of benzene rings is 1. The molecule has 0 bridgehead atoms. The van der Waals surface area contributed by atoms with Crippen molar-refractivity contribution < 1.29 is 13.5 Å². The van der Waals surface area contributed by atoms with Gasteiger partial charge in [-0.3, -0.25) is 0 Å². The van der Waals surface area contributed by atoms with Crippen LogP contribution in [0.5, 0.6) is 5.88 Å². The standard InChI is InChI=1S/C21H16ClF2N3O/c1-2-4-20-25-11-15(12-26-20)7-14-8-18(16-5-3-6-17(22)9-16)21(27-10-14)28-13-19(23)24/h1,3,5-6,8-12,19H,4,7,13H2. The molecule has 0 radical (unpaired) electrons. The molecule has 0 N–H and O–H groups in total. The van der Waals surface area contributed by atoms with E-state index in [1.54, 1.807) is 36.8 Å². The molecule has 0 aliphatic carbocycles. The lowest BCUT2D eigenvalue weighted by atomic mass is 10.0. The molecule has 142 valence electrons. The minimum Gasteiger partial charge on any atom is -0.471 e. The van der Waals surface area contributed by atoms with Crippen molar-refractivity contribution in [3.8, 4) is 29.4 Å². The molecule has 0 unspecified atom stereocenters. The van der Waals surface area contributed by atoms with Gasteiger partial charge in [0.25, 0.3) is 6.43 Å². The van der Waals surface area contributed by atoms with Crippen LogP contribution in [0.2, 0.25) is 5.02 Å². The summed E-state index contributed by atoms with van der Waals surface area (Å²) in [6.07, 6.45) is 8.56. The maximum atomic E-state index is 12.6. The highest BCUT2D eigenvalue weighted by Crippen LogP contribution is 2.31. The van der Waals surface area contributed by atoms with E-state index in [2.05, 4.69) is 20.9 Å². The van der Waals surface area contributed by atoms with Crippen molar-refractivity contribution in [2.75, 3.05) is 6.61 Å². The van der Waals surface area contributed by atoms with Gasteiger partial charge in [-0.15, -0.1) is 6.42 Å². The number of halogens is 3. The highest BCUT2D eigenvalue weighted by molar-refractivity contribution is 6.30. The first kappa shape index (κ1) is 19.7. The Morgan fingerprint density at radius 2 is 1.82 bits per heavy atom. The van der Waals surface area contributed by atoms with Crippen molar-refractivity contribution in [3.05, 3.63) is 70.9 Å². The van der Waals surface area contributed by atoms with E-state index < -0.39 is 13.0 Å². The largest absolute Gasteiger partial charge is 0.471 e. The predicted octanol–water partition coefficient (Wildman–Crippen LogP) is 4.60. The maximum Gasteiger partial charge on any atom is 0.272 e.